The largest absolute Gasteiger partial charge is 0.316 e. The molecule has 0 amide bonds. The molecule has 84 valence electrons. The van der Waals surface area contributed by atoms with Crippen molar-refractivity contribution in [3.8, 4) is 0 Å². The van der Waals surface area contributed by atoms with Gasteiger partial charge in [-0.2, -0.15) is 0 Å². The summed E-state index contributed by atoms with van der Waals surface area (Å²) in [5.41, 5.74) is 2.56. The Morgan fingerprint density at radius 1 is 1.56 bits per heavy atom. The lowest BCUT2D eigenvalue weighted by molar-refractivity contribution is 0.712. The molecule has 1 N–H and O–H groups in total. The van der Waals surface area contributed by atoms with E-state index in [1.54, 1.807) is 6.20 Å². The van der Waals surface area contributed by atoms with Crippen molar-refractivity contribution < 1.29 is 0 Å². The fourth-order valence-electron chi connectivity index (χ4n) is 2.53. The maximum absolute atomic E-state index is 4.60. The van der Waals surface area contributed by atoms with Crippen LogP contribution in [0.5, 0.6) is 0 Å². The zero-order chi connectivity index (χ0) is 11.0. The summed E-state index contributed by atoms with van der Waals surface area (Å²) in [6, 6.07) is 1.97. The molecule has 4 nitrogen and oxygen atoms in total. The van der Waals surface area contributed by atoms with Crippen LogP contribution in [0.15, 0.2) is 18.5 Å². The molecule has 0 radical (unpaired) electrons. The first-order chi connectivity index (χ1) is 7.90. The van der Waals surface area contributed by atoms with Crippen LogP contribution < -0.4 is 5.32 Å². The molecule has 1 aliphatic heterocycles. The topological polar surface area (TPSA) is 42.2 Å². The Bertz CT molecular complexity index is 497. The summed E-state index contributed by atoms with van der Waals surface area (Å²) in [4.78, 5) is 8.91. The van der Waals surface area contributed by atoms with Gasteiger partial charge in [-0.15, -0.1) is 0 Å². The number of aryl methyl sites for hydroxylation is 1. The lowest BCUT2D eigenvalue weighted by Gasteiger charge is -2.09. The molecule has 0 bridgehead atoms. The molecule has 1 fully saturated rings. The van der Waals surface area contributed by atoms with Crippen LogP contribution in [0.25, 0.3) is 5.78 Å². The smallest absolute Gasteiger partial charge is 0.234 e. The highest BCUT2D eigenvalue weighted by Gasteiger charge is 2.23. The summed E-state index contributed by atoms with van der Waals surface area (Å²) in [6.45, 7) is 4.34. The number of imidazole rings is 1. The van der Waals surface area contributed by atoms with E-state index < -0.39 is 0 Å². The van der Waals surface area contributed by atoms with Gasteiger partial charge in [-0.3, -0.25) is 4.40 Å². The predicted octanol–water partition coefficient (Wildman–Crippen LogP) is 1.37. The third kappa shape index (κ3) is 1.41. The Morgan fingerprint density at radius 3 is 3.25 bits per heavy atom. The molecule has 3 heterocycles. The molecule has 3 rings (SSSR count). The second kappa shape index (κ2) is 3.87. The van der Waals surface area contributed by atoms with Gasteiger partial charge in [0, 0.05) is 24.9 Å². The average molecular weight is 216 g/mol. The first-order valence-corrected chi connectivity index (χ1v) is 5.92. The van der Waals surface area contributed by atoms with Crippen molar-refractivity contribution in [2.45, 2.75) is 25.7 Å². The van der Waals surface area contributed by atoms with Crippen molar-refractivity contribution in [1.29, 1.82) is 0 Å². The third-order valence-corrected chi connectivity index (χ3v) is 3.30. The zero-order valence-corrected chi connectivity index (χ0v) is 9.48. The number of nitrogens with one attached hydrogen (secondary N) is 1. The van der Waals surface area contributed by atoms with E-state index in [2.05, 4.69) is 32.8 Å². The Labute approximate surface area is 94.7 Å². The van der Waals surface area contributed by atoms with E-state index in [1.165, 1.54) is 17.8 Å². The highest BCUT2D eigenvalue weighted by molar-refractivity contribution is 5.37. The summed E-state index contributed by atoms with van der Waals surface area (Å²) in [5.74, 6) is 1.43. The van der Waals surface area contributed by atoms with Gasteiger partial charge < -0.3 is 5.32 Å². The molecule has 1 saturated heterocycles. The maximum Gasteiger partial charge on any atom is 0.234 e. The Kier molecular flexibility index (Phi) is 2.36. The van der Waals surface area contributed by atoms with Gasteiger partial charge in [-0.05, 0) is 25.5 Å². The summed E-state index contributed by atoms with van der Waals surface area (Å²) >= 11 is 0. The number of aromatic nitrogens is 3. The van der Waals surface area contributed by atoms with Crippen molar-refractivity contribution in [3.05, 3.63) is 29.8 Å². The molecule has 0 aliphatic carbocycles. The lowest BCUT2D eigenvalue weighted by Crippen LogP contribution is -2.10. The zero-order valence-electron chi connectivity index (χ0n) is 9.48. The summed E-state index contributed by atoms with van der Waals surface area (Å²) < 4.78 is 2.15. The highest BCUT2D eigenvalue weighted by Crippen LogP contribution is 2.26. The van der Waals surface area contributed by atoms with Gasteiger partial charge in [0.15, 0.2) is 0 Å². The van der Waals surface area contributed by atoms with Crippen molar-refractivity contribution in [1.82, 2.24) is 19.7 Å². The normalized spacial score (nSPS) is 20.7. The van der Waals surface area contributed by atoms with Crippen molar-refractivity contribution in [3.63, 3.8) is 0 Å². The van der Waals surface area contributed by atoms with Crippen LogP contribution in [-0.4, -0.2) is 27.5 Å². The number of nitrogens with zero attached hydrogens (tertiary/aromatic N) is 3. The predicted molar refractivity (Wildman–Crippen MR) is 62.6 cm³/mol. The second-order valence-corrected chi connectivity index (χ2v) is 4.28. The minimum Gasteiger partial charge on any atom is -0.316 e. The first-order valence-electron chi connectivity index (χ1n) is 5.92. The van der Waals surface area contributed by atoms with Crippen LogP contribution in [0.3, 0.4) is 0 Å². The average Bonchev–Trinajstić information content (AvgIpc) is 2.94. The monoisotopic (exact) mass is 216 g/mol. The van der Waals surface area contributed by atoms with Gasteiger partial charge in [-0.25, -0.2) is 9.97 Å². The molecule has 16 heavy (non-hydrogen) atoms. The second-order valence-electron chi connectivity index (χ2n) is 4.28. The van der Waals surface area contributed by atoms with E-state index in [0.717, 1.165) is 25.3 Å². The van der Waals surface area contributed by atoms with E-state index in [4.69, 9.17) is 0 Å². The molecule has 1 aliphatic rings. The lowest BCUT2D eigenvalue weighted by atomic mass is 10.0. The Hall–Kier alpha value is -1.42. The molecule has 2 aromatic rings. The molecule has 1 atom stereocenters. The maximum atomic E-state index is 4.60. The minimum atomic E-state index is 0.592. The van der Waals surface area contributed by atoms with E-state index in [1.807, 2.05) is 6.07 Å². The Morgan fingerprint density at radius 2 is 2.50 bits per heavy atom. The molecular formula is C12H16N4. The molecule has 4 heteroatoms. The van der Waals surface area contributed by atoms with Crippen LogP contribution in [0, 0.1) is 0 Å². The first kappa shape index (κ1) is 9.78. The quantitative estimate of drug-likeness (QED) is 0.824. The van der Waals surface area contributed by atoms with Gasteiger partial charge in [0.25, 0.3) is 0 Å². The molecule has 0 spiro atoms. The van der Waals surface area contributed by atoms with E-state index in [0.29, 0.717) is 5.92 Å². The fraction of sp³-hybridized carbons (Fsp3) is 0.500. The molecular weight excluding hydrogens is 200 g/mol. The van der Waals surface area contributed by atoms with E-state index in [9.17, 15) is 0 Å². The van der Waals surface area contributed by atoms with Crippen LogP contribution in [-0.2, 0) is 6.42 Å². The van der Waals surface area contributed by atoms with Gasteiger partial charge in [0.2, 0.25) is 5.78 Å². The van der Waals surface area contributed by atoms with Crippen molar-refractivity contribution >= 4 is 5.78 Å². The van der Waals surface area contributed by atoms with Crippen molar-refractivity contribution in [2.75, 3.05) is 13.1 Å². The van der Waals surface area contributed by atoms with Crippen LogP contribution in [0.1, 0.15) is 30.7 Å². The Balaban J connectivity index is 2.18. The third-order valence-electron chi connectivity index (χ3n) is 3.30. The highest BCUT2D eigenvalue weighted by atomic mass is 15.1. The molecule has 2 aromatic heterocycles. The number of hydrogen-bond donors (Lipinski definition) is 1. The SMILES string of the molecule is CCc1nc2ncccn2c1C1CCNC1. The standard InChI is InChI=1S/C12H16N4/c1-2-10-11(9-4-6-13-8-9)16-7-3-5-14-12(16)15-10/h3,5,7,9,13H,2,4,6,8H2,1H3. The number of rotatable bonds is 2. The van der Waals surface area contributed by atoms with Crippen molar-refractivity contribution in [2.24, 2.45) is 0 Å². The molecule has 0 aromatic carbocycles. The number of fused-ring (bicyclic) bond motifs is 1. The van der Waals surface area contributed by atoms with Crippen LogP contribution in [0.4, 0.5) is 0 Å². The summed E-state index contributed by atoms with van der Waals surface area (Å²) in [7, 11) is 0. The fourth-order valence-corrected chi connectivity index (χ4v) is 2.53. The number of hydrogen-bond acceptors (Lipinski definition) is 3. The van der Waals surface area contributed by atoms with E-state index in [-0.39, 0.29) is 0 Å². The minimum absolute atomic E-state index is 0.592. The van der Waals surface area contributed by atoms with Gasteiger partial charge in [-0.1, -0.05) is 6.92 Å². The molecule has 0 saturated carbocycles. The molecule has 1 unspecified atom stereocenters. The van der Waals surface area contributed by atoms with E-state index >= 15 is 0 Å². The summed E-state index contributed by atoms with van der Waals surface area (Å²) in [6.07, 6.45) is 6.06. The summed E-state index contributed by atoms with van der Waals surface area (Å²) in [5, 5.41) is 3.42. The van der Waals surface area contributed by atoms with Gasteiger partial charge in [0.1, 0.15) is 0 Å². The van der Waals surface area contributed by atoms with Gasteiger partial charge in [0.05, 0.1) is 11.4 Å². The van der Waals surface area contributed by atoms with Crippen LogP contribution >= 0.6 is 0 Å². The van der Waals surface area contributed by atoms with Crippen LogP contribution in [0.2, 0.25) is 0 Å². The van der Waals surface area contributed by atoms with Gasteiger partial charge >= 0.3 is 0 Å².